The molecule has 2 heterocycles. The van der Waals surface area contributed by atoms with Gasteiger partial charge in [-0.1, -0.05) is 18.2 Å². The van der Waals surface area contributed by atoms with Crippen LogP contribution in [0, 0.1) is 6.92 Å². The van der Waals surface area contributed by atoms with E-state index in [9.17, 15) is 9.59 Å². The van der Waals surface area contributed by atoms with Gasteiger partial charge in [-0.15, -0.1) is 0 Å². The van der Waals surface area contributed by atoms with Crippen molar-refractivity contribution >= 4 is 22.9 Å². The normalized spacial score (nSPS) is 17.2. The van der Waals surface area contributed by atoms with Crippen LogP contribution in [0.4, 0.5) is 4.79 Å². The molecule has 1 saturated heterocycles. The Balaban J connectivity index is 1.55. The third-order valence-corrected chi connectivity index (χ3v) is 4.48. The molecular formula is C17H16N2O3S. The highest BCUT2D eigenvalue weighted by molar-refractivity contribution is 8.15. The predicted octanol–water partition coefficient (Wildman–Crippen LogP) is 3.04. The van der Waals surface area contributed by atoms with E-state index in [4.69, 9.17) is 4.74 Å². The minimum absolute atomic E-state index is 0.265. The number of amides is 2. The van der Waals surface area contributed by atoms with Crippen molar-refractivity contribution < 1.29 is 14.3 Å². The fourth-order valence-corrected chi connectivity index (χ4v) is 3.16. The SMILES string of the molecule is Cc1cccc(CCOc2ccc(C3SC(=O)NC3=O)cc2)n1. The summed E-state index contributed by atoms with van der Waals surface area (Å²) in [5, 5.41) is 1.52. The van der Waals surface area contributed by atoms with Crippen LogP contribution >= 0.6 is 11.8 Å². The number of aromatic nitrogens is 1. The summed E-state index contributed by atoms with van der Waals surface area (Å²) in [4.78, 5) is 27.3. The molecule has 1 fully saturated rings. The molecule has 3 rings (SSSR count). The number of benzene rings is 1. The van der Waals surface area contributed by atoms with Gasteiger partial charge in [0.2, 0.25) is 5.91 Å². The van der Waals surface area contributed by atoms with Gasteiger partial charge in [0.1, 0.15) is 11.0 Å². The number of hydrogen-bond acceptors (Lipinski definition) is 5. The monoisotopic (exact) mass is 328 g/mol. The van der Waals surface area contributed by atoms with E-state index in [0.29, 0.717) is 6.61 Å². The number of nitrogens with zero attached hydrogens (tertiary/aromatic N) is 1. The third kappa shape index (κ3) is 3.90. The van der Waals surface area contributed by atoms with E-state index in [1.807, 2.05) is 49.4 Å². The molecule has 1 atom stereocenters. The maximum absolute atomic E-state index is 11.6. The Bertz CT molecular complexity index is 731. The van der Waals surface area contributed by atoms with Crippen molar-refractivity contribution in [1.29, 1.82) is 0 Å². The number of rotatable bonds is 5. The van der Waals surface area contributed by atoms with Crippen LogP contribution in [0.2, 0.25) is 0 Å². The van der Waals surface area contributed by atoms with Gasteiger partial charge in [-0.2, -0.15) is 0 Å². The molecule has 0 radical (unpaired) electrons. The smallest absolute Gasteiger partial charge is 0.286 e. The first-order valence-electron chi connectivity index (χ1n) is 7.28. The fraction of sp³-hybridized carbons (Fsp3) is 0.235. The minimum Gasteiger partial charge on any atom is -0.493 e. The highest BCUT2D eigenvalue weighted by atomic mass is 32.2. The van der Waals surface area contributed by atoms with Crippen LogP contribution in [0.15, 0.2) is 42.5 Å². The van der Waals surface area contributed by atoms with Crippen molar-refractivity contribution in [3.05, 3.63) is 59.4 Å². The first-order chi connectivity index (χ1) is 11.1. The number of ether oxygens (including phenoxy) is 1. The molecule has 1 unspecified atom stereocenters. The molecule has 1 N–H and O–H groups in total. The number of hydrogen-bond donors (Lipinski definition) is 1. The number of carbonyl (C=O) groups excluding carboxylic acids is 2. The number of thioether (sulfide) groups is 1. The quantitative estimate of drug-likeness (QED) is 0.914. The summed E-state index contributed by atoms with van der Waals surface area (Å²) in [5.74, 6) is 0.468. The largest absolute Gasteiger partial charge is 0.493 e. The Kier molecular flexibility index (Phi) is 4.62. The second-order valence-corrected chi connectivity index (χ2v) is 6.29. The Morgan fingerprint density at radius 1 is 1.17 bits per heavy atom. The van der Waals surface area contributed by atoms with Gasteiger partial charge in [-0.25, -0.2) is 0 Å². The molecule has 6 heteroatoms. The van der Waals surface area contributed by atoms with Crippen LogP contribution in [0.5, 0.6) is 5.75 Å². The zero-order chi connectivity index (χ0) is 16.2. The lowest BCUT2D eigenvalue weighted by atomic mass is 10.1. The molecule has 1 aliphatic rings. The van der Waals surface area contributed by atoms with Crippen molar-refractivity contribution in [2.45, 2.75) is 18.6 Å². The predicted molar refractivity (Wildman–Crippen MR) is 88.5 cm³/mol. The molecule has 2 amide bonds. The van der Waals surface area contributed by atoms with E-state index in [-0.39, 0.29) is 11.1 Å². The van der Waals surface area contributed by atoms with E-state index < -0.39 is 5.25 Å². The Morgan fingerprint density at radius 3 is 2.61 bits per heavy atom. The van der Waals surface area contributed by atoms with Gasteiger partial charge in [-0.05, 0) is 48.5 Å². The number of imide groups is 1. The lowest BCUT2D eigenvalue weighted by Gasteiger charge is -2.09. The van der Waals surface area contributed by atoms with Crippen LogP contribution in [0.25, 0.3) is 0 Å². The second kappa shape index (κ2) is 6.83. The van der Waals surface area contributed by atoms with Gasteiger partial charge in [0, 0.05) is 17.8 Å². The summed E-state index contributed by atoms with van der Waals surface area (Å²) in [5.41, 5.74) is 2.79. The summed E-state index contributed by atoms with van der Waals surface area (Å²) in [7, 11) is 0. The average Bonchev–Trinajstić information content (AvgIpc) is 2.87. The summed E-state index contributed by atoms with van der Waals surface area (Å²) >= 11 is 1.00. The van der Waals surface area contributed by atoms with Crippen LogP contribution in [-0.2, 0) is 11.2 Å². The van der Waals surface area contributed by atoms with Gasteiger partial charge in [0.05, 0.1) is 6.61 Å². The summed E-state index contributed by atoms with van der Waals surface area (Å²) in [6, 6.07) is 13.2. The molecule has 0 spiro atoms. The van der Waals surface area contributed by atoms with E-state index >= 15 is 0 Å². The molecule has 5 nitrogen and oxygen atoms in total. The van der Waals surface area contributed by atoms with E-state index in [1.54, 1.807) is 0 Å². The maximum Gasteiger partial charge on any atom is 0.286 e. The van der Waals surface area contributed by atoms with Crippen LogP contribution < -0.4 is 10.1 Å². The van der Waals surface area contributed by atoms with Crippen molar-refractivity contribution in [3.8, 4) is 5.75 Å². The molecular weight excluding hydrogens is 312 g/mol. The number of aryl methyl sites for hydroxylation is 1. The summed E-state index contributed by atoms with van der Waals surface area (Å²) in [6.07, 6.45) is 0.735. The first kappa shape index (κ1) is 15.6. The van der Waals surface area contributed by atoms with E-state index in [1.165, 1.54) is 0 Å². The summed E-state index contributed by atoms with van der Waals surface area (Å²) < 4.78 is 5.70. The van der Waals surface area contributed by atoms with Crippen molar-refractivity contribution in [2.24, 2.45) is 0 Å². The number of carbonyl (C=O) groups is 2. The van der Waals surface area contributed by atoms with Gasteiger partial charge < -0.3 is 4.74 Å². The second-order valence-electron chi connectivity index (χ2n) is 5.21. The highest BCUT2D eigenvalue weighted by Crippen LogP contribution is 2.34. The molecule has 23 heavy (non-hydrogen) atoms. The Morgan fingerprint density at radius 2 is 1.96 bits per heavy atom. The Hall–Kier alpha value is -2.34. The minimum atomic E-state index is -0.465. The first-order valence-corrected chi connectivity index (χ1v) is 8.16. The molecule has 1 aliphatic heterocycles. The number of nitrogens with one attached hydrogen (secondary N) is 1. The molecule has 0 aliphatic carbocycles. The third-order valence-electron chi connectivity index (χ3n) is 3.44. The van der Waals surface area contributed by atoms with Crippen LogP contribution in [0.3, 0.4) is 0 Å². The van der Waals surface area contributed by atoms with Crippen molar-refractivity contribution in [1.82, 2.24) is 10.3 Å². The topological polar surface area (TPSA) is 68.3 Å². The highest BCUT2D eigenvalue weighted by Gasteiger charge is 2.32. The van der Waals surface area contributed by atoms with Crippen LogP contribution in [0.1, 0.15) is 22.2 Å². The average molecular weight is 328 g/mol. The van der Waals surface area contributed by atoms with Gasteiger partial charge in [0.25, 0.3) is 5.24 Å². The fourth-order valence-electron chi connectivity index (χ4n) is 2.33. The van der Waals surface area contributed by atoms with Crippen LogP contribution in [-0.4, -0.2) is 22.7 Å². The lowest BCUT2D eigenvalue weighted by Crippen LogP contribution is -2.20. The van der Waals surface area contributed by atoms with Gasteiger partial charge in [0.15, 0.2) is 0 Å². The zero-order valence-electron chi connectivity index (χ0n) is 12.6. The van der Waals surface area contributed by atoms with E-state index in [0.717, 1.165) is 40.9 Å². The molecule has 1 aromatic heterocycles. The lowest BCUT2D eigenvalue weighted by molar-refractivity contribution is -0.119. The molecule has 118 valence electrons. The number of pyridine rings is 1. The van der Waals surface area contributed by atoms with E-state index in [2.05, 4.69) is 10.3 Å². The standard InChI is InChI=1S/C17H16N2O3S/c1-11-3-2-4-13(18-11)9-10-22-14-7-5-12(6-8-14)15-16(20)19-17(21)23-15/h2-8,15H,9-10H2,1H3,(H,19,20,21). The van der Waals surface area contributed by atoms with Gasteiger partial charge in [-0.3, -0.25) is 19.9 Å². The summed E-state index contributed by atoms with van der Waals surface area (Å²) in [6.45, 7) is 2.50. The molecule has 2 aromatic rings. The molecule has 0 bridgehead atoms. The van der Waals surface area contributed by atoms with Crippen molar-refractivity contribution in [2.75, 3.05) is 6.61 Å². The van der Waals surface area contributed by atoms with Crippen molar-refractivity contribution in [3.63, 3.8) is 0 Å². The zero-order valence-corrected chi connectivity index (χ0v) is 13.4. The maximum atomic E-state index is 11.6. The molecule has 0 saturated carbocycles. The Labute approximate surface area is 138 Å². The molecule has 1 aromatic carbocycles. The van der Waals surface area contributed by atoms with Gasteiger partial charge >= 0.3 is 0 Å².